The van der Waals surface area contributed by atoms with Crippen LogP contribution in [0, 0.1) is 0 Å². The van der Waals surface area contributed by atoms with Crippen LogP contribution in [0.5, 0.6) is 0 Å². The topological polar surface area (TPSA) is 136 Å². The average molecular weight is 541 g/mol. The fourth-order valence-corrected chi connectivity index (χ4v) is 4.82. The maximum absolute atomic E-state index is 13.4. The number of pyridine rings is 1. The molecule has 40 heavy (non-hydrogen) atoms. The fourth-order valence-electron chi connectivity index (χ4n) is 4.82. The summed E-state index contributed by atoms with van der Waals surface area (Å²) in [4.78, 5) is 31.9. The van der Waals surface area contributed by atoms with Gasteiger partial charge in [-0.3, -0.25) is 14.5 Å². The zero-order chi connectivity index (χ0) is 27.9. The Hall–Kier alpha value is -4.38. The molecule has 0 aliphatic carbocycles. The number of amides is 2. The van der Waals surface area contributed by atoms with Crippen molar-refractivity contribution in [2.24, 2.45) is 5.73 Å². The van der Waals surface area contributed by atoms with Gasteiger partial charge >= 0.3 is 0 Å². The minimum absolute atomic E-state index is 0.00251. The van der Waals surface area contributed by atoms with Crippen LogP contribution in [0.25, 0.3) is 5.82 Å². The molecule has 4 N–H and O–H groups in total. The Morgan fingerprint density at radius 3 is 2.55 bits per heavy atom. The number of aliphatic hydroxyl groups is 1. The number of primary amides is 1. The zero-order valence-electron chi connectivity index (χ0n) is 22.0. The predicted octanol–water partition coefficient (Wildman–Crippen LogP) is 2.03. The highest BCUT2D eigenvalue weighted by molar-refractivity contribution is 5.97. The highest BCUT2D eigenvalue weighted by Gasteiger charge is 2.28. The van der Waals surface area contributed by atoms with Crippen molar-refractivity contribution in [3.05, 3.63) is 114 Å². The zero-order valence-corrected chi connectivity index (χ0v) is 22.0. The lowest BCUT2D eigenvalue weighted by molar-refractivity contribution is -0.127. The van der Waals surface area contributed by atoms with E-state index in [-0.39, 0.29) is 18.1 Å². The molecule has 1 aliphatic rings. The van der Waals surface area contributed by atoms with E-state index in [1.54, 1.807) is 29.2 Å². The third-order valence-corrected chi connectivity index (χ3v) is 6.89. The van der Waals surface area contributed by atoms with E-state index in [0.29, 0.717) is 19.0 Å². The van der Waals surface area contributed by atoms with E-state index in [1.165, 1.54) is 0 Å². The summed E-state index contributed by atoms with van der Waals surface area (Å²) < 4.78 is 7.55. The highest BCUT2D eigenvalue weighted by Crippen LogP contribution is 2.23. The molecule has 2 aromatic heterocycles. The van der Waals surface area contributed by atoms with Gasteiger partial charge in [0.25, 0.3) is 5.91 Å². The highest BCUT2D eigenvalue weighted by atomic mass is 16.5. The van der Waals surface area contributed by atoms with Crippen molar-refractivity contribution in [3.8, 4) is 5.82 Å². The number of rotatable bonds is 10. The Balaban J connectivity index is 1.30. The molecule has 2 amide bonds. The van der Waals surface area contributed by atoms with Crippen LogP contribution >= 0.6 is 0 Å². The first-order valence-electron chi connectivity index (χ1n) is 13.2. The Kier molecular flexibility index (Phi) is 8.60. The van der Waals surface area contributed by atoms with Gasteiger partial charge in [-0.15, -0.1) is 0 Å². The number of ether oxygens (including phenoxy) is 1. The third-order valence-electron chi connectivity index (χ3n) is 6.89. The van der Waals surface area contributed by atoms with E-state index in [4.69, 9.17) is 15.6 Å². The van der Waals surface area contributed by atoms with Crippen LogP contribution in [0.2, 0.25) is 0 Å². The molecule has 206 valence electrons. The number of benzene rings is 2. The van der Waals surface area contributed by atoms with Crippen molar-refractivity contribution < 1.29 is 19.4 Å². The SMILES string of the molecule is NC(=O)C(O)C(Cc1ccccc1)NC(=O)c1cccnc1-n1ccc(CN2CCOC(c3ccccc3)C2)n1. The minimum Gasteiger partial charge on any atom is -0.381 e. The van der Waals surface area contributed by atoms with Gasteiger partial charge in [-0.25, -0.2) is 9.67 Å². The number of hydrogen-bond acceptors (Lipinski definition) is 7. The summed E-state index contributed by atoms with van der Waals surface area (Å²) in [6.07, 6.45) is 2.02. The molecule has 0 saturated carbocycles. The lowest BCUT2D eigenvalue weighted by Gasteiger charge is -2.32. The number of nitrogens with zero attached hydrogens (tertiary/aromatic N) is 4. The largest absolute Gasteiger partial charge is 0.381 e. The number of carbonyl (C=O) groups is 2. The Morgan fingerprint density at radius 1 is 1.05 bits per heavy atom. The van der Waals surface area contributed by atoms with Gasteiger partial charge in [0, 0.05) is 32.0 Å². The summed E-state index contributed by atoms with van der Waals surface area (Å²) in [7, 11) is 0. The van der Waals surface area contributed by atoms with Gasteiger partial charge in [-0.1, -0.05) is 60.7 Å². The van der Waals surface area contributed by atoms with Gasteiger partial charge in [0.1, 0.15) is 0 Å². The summed E-state index contributed by atoms with van der Waals surface area (Å²) in [5, 5.41) is 17.9. The Labute approximate surface area is 232 Å². The van der Waals surface area contributed by atoms with E-state index in [9.17, 15) is 14.7 Å². The molecule has 0 spiro atoms. The number of morpholine rings is 1. The Bertz CT molecular complexity index is 1430. The van der Waals surface area contributed by atoms with Crippen molar-refractivity contribution in [2.45, 2.75) is 31.2 Å². The normalized spacial score (nSPS) is 17.2. The molecule has 10 nitrogen and oxygen atoms in total. The molecular weight excluding hydrogens is 508 g/mol. The minimum atomic E-state index is -1.56. The molecule has 1 aliphatic heterocycles. The second-order valence-corrected chi connectivity index (χ2v) is 9.75. The molecule has 3 unspecified atom stereocenters. The molecule has 0 bridgehead atoms. The second kappa shape index (κ2) is 12.6. The van der Waals surface area contributed by atoms with Crippen LogP contribution in [-0.2, 0) is 22.5 Å². The number of carbonyl (C=O) groups excluding carboxylic acids is 2. The van der Waals surface area contributed by atoms with Gasteiger partial charge in [-0.2, -0.15) is 5.10 Å². The van der Waals surface area contributed by atoms with Crippen molar-refractivity contribution in [3.63, 3.8) is 0 Å². The lowest BCUT2D eigenvalue weighted by atomic mass is 10.0. The van der Waals surface area contributed by atoms with Crippen molar-refractivity contribution in [1.29, 1.82) is 0 Å². The van der Waals surface area contributed by atoms with Crippen LogP contribution in [0.1, 0.15) is 33.3 Å². The van der Waals surface area contributed by atoms with Gasteiger partial charge < -0.3 is 20.9 Å². The molecule has 1 fully saturated rings. The van der Waals surface area contributed by atoms with Crippen molar-refractivity contribution >= 4 is 11.8 Å². The van der Waals surface area contributed by atoms with Crippen LogP contribution in [0.15, 0.2) is 91.3 Å². The monoisotopic (exact) mass is 540 g/mol. The smallest absolute Gasteiger partial charge is 0.255 e. The molecule has 3 atom stereocenters. The summed E-state index contributed by atoms with van der Waals surface area (Å²) in [6.45, 7) is 2.79. The van der Waals surface area contributed by atoms with E-state index in [2.05, 4.69) is 27.3 Å². The third kappa shape index (κ3) is 6.60. The first-order chi connectivity index (χ1) is 19.5. The molecular formula is C30H32N6O4. The quantitative estimate of drug-likeness (QED) is 0.280. The molecule has 4 aromatic rings. The van der Waals surface area contributed by atoms with Gasteiger partial charge in [0.2, 0.25) is 5.91 Å². The number of aliphatic hydroxyl groups excluding tert-OH is 1. The second-order valence-electron chi connectivity index (χ2n) is 9.75. The molecule has 10 heteroatoms. The predicted molar refractivity (Wildman–Crippen MR) is 148 cm³/mol. The fraction of sp³-hybridized carbons (Fsp3) is 0.267. The lowest BCUT2D eigenvalue weighted by Crippen LogP contribution is -2.50. The summed E-state index contributed by atoms with van der Waals surface area (Å²) in [5.41, 5.74) is 8.44. The molecule has 3 heterocycles. The van der Waals surface area contributed by atoms with Crippen LogP contribution < -0.4 is 11.1 Å². The molecule has 1 saturated heterocycles. The molecule has 2 aromatic carbocycles. The standard InChI is InChI=1S/C30H32N6O4/c31-28(38)27(37)25(18-21-8-3-1-4-9-21)33-30(39)24-12-7-14-32-29(24)36-15-13-23(34-36)19-35-16-17-40-26(20-35)22-10-5-2-6-11-22/h1-15,25-27,37H,16-20H2,(H2,31,38)(H,33,39). The first kappa shape index (κ1) is 27.2. The van der Waals surface area contributed by atoms with Gasteiger partial charge in [0.15, 0.2) is 11.9 Å². The van der Waals surface area contributed by atoms with Crippen molar-refractivity contribution in [1.82, 2.24) is 25.0 Å². The molecule has 0 radical (unpaired) electrons. The van der Waals surface area contributed by atoms with Crippen LogP contribution in [0.4, 0.5) is 0 Å². The number of nitrogens with two attached hydrogens (primary N) is 1. The number of nitrogens with one attached hydrogen (secondary N) is 1. The summed E-state index contributed by atoms with van der Waals surface area (Å²) >= 11 is 0. The summed E-state index contributed by atoms with van der Waals surface area (Å²) in [5.74, 6) is -1.08. The van der Waals surface area contributed by atoms with Gasteiger partial charge in [0.05, 0.1) is 30.0 Å². The summed E-state index contributed by atoms with van der Waals surface area (Å²) in [6, 6.07) is 23.7. The average Bonchev–Trinajstić information content (AvgIpc) is 3.45. The van der Waals surface area contributed by atoms with Gasteiger partial charge in [-0.05, 0) is 35.7 Å². The first-order valence-corrected chi connectivity index (χ1v) is 13.2. The van der Waals surface area contributed by atoms with E-state index >= 15 is 0 Å². The van der Waals surface area contributed by atoms with E-state index < -0.39 is 24.0 Å². The maximum atomic E-state index is 13.4. The van der Waals surface area contributed by atoms with Crippen molar-refractivity contribution in [2.75, 3.05) is 19.7 Å². The number of aromatic nitrogens is 3. The van der Waals surface area contributed by atoms with Crippen LogP contribution in [-0.4, -0.2) is 68.4 Å². The van der Waals surface area contributed by atoms with E-state index in [1.807, 2.05) is 54.6 Å². The van der Waals surface area contributed by atoms with Crippen LogP contribution in [0.3, 0.4) is 0 Å². The Morgan fingerprint density at radius 2 is 1.80 bits per heavy atom. The van der Waals surface area contributed by atoms with E-state index in [0.717, 1.165) is 29.9 Å². The maximum Gasteiger partial charge on any atom is 0.255 e. The number of hydrogen-bond donors (Lipinski definition) is 3. The molecule has 5 rings (SSSR count).